The highest BCUT2D eigenvalue weighted by atomic mass is 15.1. The van der Waals surface area contributed by atoms with Crippen LogP contribution in [0.15, 0.2) is 127 Å². The van der Waals surface area contributed by atoms with Crippen molar-refractivity contribution in [3.63, 3.8) is 0 Å². The molecular formula is C49H49N. The standard InChI is InChI=1S/C49H49N/c1-7-48(36-12-10-9-11-13-36)30-34-26-41-42-27-35-31-49(8-2,44(35)29-46(42)47(5,6)45(41)28-43(34)48)37-18-24-40(25-19-37)50(38-20-14-32(3)15-21-38)39-22-16-33(4)17-23-39/h9-18,20-24,26-29H,7-8,19,25,30-31H2,1-6H3. The van der Waals surface area contributed by atoms with Gasteiger partial charge >= 0.3 is 0 Å². The molecule has 0 spiro atoms. The minimum atomic E-state index is -0.0217. The molecule has 250 valence electrons. The van der Waals surface area contributed by atoms with E-state index in [1.54, 1.807) is 27.8 Å². The Morgan fingerprint density at radius 1 is 0.560 bits per heavy atom. The number of anilines is 2. The predicted molar refractivity (Wildman–Crippen MR) is 211 cm³/mol. The van der Waals surface area contributed by atoms with E-state index in [2.05, 4.69) is 162 Å². The summed E-state index contributed by atoms with van der Waals surface area (Å²) in [6, 6.07) is 39.6. The third-order valence-electron chi connectivity index (χ3n) is 13.3. The van der Waals surface area contributed by atoms with Gasteiger partial charge in [0, 0.05) is 33.3 Å². The Morgan fingerprint density at radius 3 is 1.58 bits per heavy atom. The SMILES string of the molecule is CCC1(C2=CC=C(N(c3ccc(C)cc3)c3ccc(C)cc3)CC2)Cc2cc3c(cc21)C(C)(C)c1cc2c(cc1-3)CC2(CC)c1ccccc1. The lowest BCUT2D eigenvalue weighted by Gasteiger charge is -2.48. The summed E-state index contributed by atoms with van der Waals surface area (Å²) >= 11 is 0. The van der Waals surface area contributed by atoms with Crippen LogP contribution in [0.5, 0.6) is 0 Å². The summed E-state index contributed by atoms with van der Waals surface area (Å²) in [7, 11) is 0. The molecule has 0 saturated heterocycles. The normalized spacial score (nSPS) is 22.2. The fourth-order valence-corrected chi connectivity index (χ4v) is 10.2. The summed E-state index contributed by atoms with van der Waals surface area (Å²) in [5, 5.41) is 0. The summed E-state index contributed by atoms with van der Waals surface area (Å²) < 4.78 is 0. The second-order valence-electron chi connectivity index (χ2n) is 16.2. The largest absolute Gasteiger partial charge is 0.314 e. The van der Waals surface area contributed by atoms with Crippen LogP contribution in [0, 0.1) is 13.8 Å². The van der Waals surface area contributed by atoms with Gasteiger partial charge in [-0.2, -0.15) is 0 Å². The molecule has 0 saturated carbocycles. The summed E-state index contributed by atoms with van der Waals surface area (Å²) in [5.41, 5.74) is 22.0. The van der Waals surface area contributed by atoms with Gasteiger partial charge in [0.1, 0.15) is 0 Å². The third-order valence-corrected chi connectivity index (χ3v) is 13.3. The Balaban J connectivity index is 1.07. The van der Waals surface area contributed by atoms with Crippen molar-refractivity contribution >= 4 is 11.4 Å². The van der Waals surface area contributed by atoms with Gasteiger partial charge in [-0.15, -0.1) is 0 Å². The van der Waals surface area contributed by atoms with E-state index in [0.29, 0.717) is 0 Å². The average Bonchev–Trinajstić information content (AvgIpc) is 3.33. The van der Waals surface area contributed by atoms with Crippen LogP contribution in [0.1, 0.15) is 103 Å². The van der Waals surface area contributed by atoms with Gasteiger partial charge in [-0.25, -0.2) is 0 Å². The van der Waals surface area contributed by atoms with E-state index in [1.165, 1.54) is 56.0 Å². The minimum absolute atomic E-state index is 0.0217. The van der Waals surface area contributed by atoms with Gasteiger partial charge in [0.2, 0.25) is 0 Å². The number of fused-ring (bicyclic) bond motifs is 5. The lowest BCUT2D eigenvalue weighted by molar-refractivity contribution is 0.406. The predicted octanol–water partition coefficient (Wildman–Crippen LogP) is 12.5. The highest BCUT2D eigenvalue weighted by Crippen LogP contribution is 2.59. The van der Waals surface area contributed by atoms with Crippen LogP contribution < -0.4 is 4.90 Å². The Labute approximate surface area is 299 Å². The van der Waals surface area contributed by atoms with Gasteiger partial charge in [-0.3, -0.25) is 0 Å². The first kappa shape index (κ1) is 31.4. The molecule has 5 aromatic rings. The van der Waals surface area contributed by atoms with E-state index in [4.69, 9.17) is 0 Å². The number of hydrogen-bond donors (Lipinski definition) is 0. The summed E-state index contributed by atoms with van der Waals surface area (Å²) in [6.07, 6.45) is 11.6. The number of aryl methyl sites for hydroxylation is 2. The molecule has 1 heteroatoms. The number of hydrogen-bond acceptors (Lipinski definition) is 1. The molecule has 50 heavy (non-hydrogen) atoms. The molecule has 0 aliphatic heterocycles. The van der Waals surface area contributed by atoms with Crippen molar-refractivity contribution in [2.75, 3.05) is 4.90 Å². The van der Waals surface area contributed by atoms with Crippen LogP contribution in [0.3, 0.4) is 0 Å². The molecule has 0 bridgehead atoms. The molecule has 2 unspecified atom stereocenters. The number of allylic oxidation sites excluding steroid dienone is 4. The van der Waals surface area contributed by atoms with E-state index < -0.39 is 0 Å². The summed E-state index contributed by atoms with van der Waals surface area (Å²) in [5.74, 6) is 0. The Bertz CT molecular complexity index is 2170. The van der Waals surface area contributed by atoms with Gasteiger partial charge in [0.25, 0.3) is 0 Å². The highest BCUT2D eigenvalue weighted by Gasteiger charge is 2.49. The zero-order valence-corrected chi connectivity index (χ0v) is 30.7. The maximum absolute atomic E-state index is 2.64. The van der Waals surface area contributed by atoms with E-state index in [-0.39, 0.29) is 16.2 Å². The second-order valence-corrected chi connectivity index (χ2v) is 16.2. The molecule has 9 rings (SSSR count). The molecule has 0 aromatic heterocycles. The smallest absolute Gasteiger partial charge is 0.0458 e. The topological polar surface area (TPSA) is 3.24 Å². The molecule has 4 aliphatic rings. The first-order valence-corrected chi connectivity index (χ1v) is 18.9. The molecular weight excluding hydrogens is 603 g/mol. The van der Waals surface area contributed by atoms with Crippen molar-refractivity contribution in [2.24, 2.45) is 0 Å². The van der Waals surface area contributed by atoms with Crippen molar-refractivity contribution in [2.45, 2.75) is 96.3 Å². The second kappa shape index (κ2) is 11.2. The van der Waals surface area contributed by atoms with Crippen molar-refractivity contribution in [3.8, 4) is 11.1 Å². The van der Waals surface area contributed by atoms with Crippen LogP contribution >= 0.6 is 0 Å². The van der Waals surface area contributed by atoms with Crippen LogP contribution in [0.4, 0.5) is 11.4 Å². The fourth-order valence-electron chi connectivity index (χ4n) is 10.2. The van der Waals surface area contributed by atoms with E-state index in [0.717, 1.165) is 38.5 Å². The van der Waals surface area contributed by atoms with Gasteiger partial charge in [0.05, 0.1) is 0 Å². The maximum atomic E-state index is 2.64. The molecule has 0 N–H and O–H groups in total. The Morgan fingerprint density at radius 2 is 1.08 bits per heavy atom. The molecule has 0 radical (unpaired) electrons. The Kier molecular flexibility index (Phi) is 7.02. The Hall–Kier alpha value is -4.62. The van der Waals surface area contributed by atoms with E-state index >= 15 is 0 Å². The molecule has 4 aliphatic carbocycles. The quantitative estimate of drug-likeness (QED) is 0.169. The van der Waals surface area contributed by atoms with Gasteiger partial charge < -0.3 is 4.90 Å². The van der Waals surface area contributed by atoms with Gasteiger partial charge in [-0.1, -0.05) is 129 Å². The molecule has 1 nitrogen and oxygen atoms in total. The van der Waals surface area contributed by atoms with E-state index in [9.17, 15) is 0 Å². The number of benzene rings is 5. The van der Waals surface area contributed by atoms with Gasteiger partial charge in [0.15, 0.2) is 0 Å². The van der Waals surface area contributed by atoms with E-state index in [1.807, 2.05) is 0 Å². The van der Waals surface area contributed by atoms with Crippen LogP contribution in [0.2, 0.25) is 0 Å². The zero-order valence-electron chi connectivity index (χ0n) is 30.7. The molecule has 0 amide bonds. The lowest BCUT2D eigenvalue weighted by atomic mass is 9.56. The maximum Gasteiger partial charge on any atom is 0.0458 e. The first-order valence-electron chi connectivity index (χ1n) is 18.9. The molecule has 5 aromatic carbocycles. The molecule has 2 atom stereocenters. The monoisotopic (exact) mass is 651 g/mol. The van der Waals surface area contributed by atoms with Gasteiger partial charge in [-0.05, 0) is 133 Å². The van der Waals surface area contributed by atoms with Crippen LogP contribution in [-0.4, -0.2) is 0 Å². The van der Waals surface area contributed by atoms with Crippen molar-refractivity contribution < 1.29 is 0 Å². The number of nitrogens with zero attached hydrogens (tertiary/aromatic N) is 1. The fraction of sp³-hybridized carbons (Fsp3) is 0.306. The summed E-state index contributed by atoms with van der Waals surface area (Å²) in [6.45, 7) is 14.1. The number of rotatable bonds is 7. The lowest BCUT2D eigenvalue weighted by Crippen LogP contribution is -2.41. The van der Waals surface area contributed by atoms with Crippen molar-refractivity contribution in [1.82, 2.24) is 0 Å². The average molecular weight is 652 g/mol. The summed E-state index contributed by atoms with van der Waals surface area (Å²) in [4.78, 5) is 2.46. The minimum Gasteiger partial charge on any atom is -0.314 e. The first-order chi connectivity index (χ1) is 24.2. The van der Waals surface area contributed by atoms with Crippen LogP contribution in [0.25, 0.3) is 11.1 Å². The molecule has 0 heterocycles. The molecule has 0 fully saturated rings. The van der Waals surface area contributed by atoms with Crippen LogP contribution in [-0.2, 0) is 29.1 Å². The third kappa shape index (κ3) is 4.38. The van der Waals surface area contributed by atoms with Crippen molar-refractivity contribution in [3.05, 3.63) is 177 Å². The highest BCUT2D eigenvalue weighted by molar-refractivity contribution is 5.85. The van der Waals surface area contributed by atoms with Crippen molar-refractivity contribution in [1.29, 1.82) is 0 Å². The zero-order chi connectivity index (χ0) is 34.4.